The Balaban J connectivity index is 1.80. The molecule has 0 aromatic heterocycles. The molecule has 38 heavy (non-hydrogen) atoms. The summed E-state index contributed by atoms with van der Waals surface area (Å²) in [5, 5.41) is 27.8. The largest absolute Gasteiger partial charge is 0.507 e. The summed E-state index contributed by atoms with van der Waals surface area (Å²) in [7, 11) is 0. The van der Waals surface area contributed by atoms with Gasteiger partial charge in [0.05, 0.1) is 18.6 Å². The van der Waals surface area contributed by atoms with E-state index in [-0.39, 0.29) is 25.3 Å². The molecule has 4 atom stereocenters. The molecule has 2 aromatic carbocycles. The van der Waals surface area contributed by atoms with Crippen LogP contribution in [0.4, 0.5) is 4.79 Å². The molecular weight excluding hydrogens is 494 g/mol. The number of amidine groups is 1. The normalized spacial score (nSPS) is 24.9. The Bertz CT molecular complexity index is 1250. The van der Waals surface area contributed by atoms with Gasteiger partial charge < -0.3 is 26.4 Å². The summed E-state index contributed by atoms with van der Waals surface area (Å²) >= 11 is 0. The summed E-state index contributed by atoms with van der Waals surface area (Å²) in [6.07, 6.45) is -1.61. The van der Waals surface area contributed by atoms with Gasteiger partial charge in [0.15, 0.2) is 0 Å². The second-order valence-electron chi connectivity index (χ2n) is 9.33. The highest BCUT2D eigenvalue weighted by molar-refractivity contribution is 6.07. The molecule has 12 nitrogen and oxygen atoms in total. The van der Waals surface area contributed by atoms with Crippen LogP contribution < -0.4 is 11.5 Å². The smallest absolute Gasteiger partial charge is 0.450 e. The van der Waals surface area contributed by atoms with Gasteiger partial charge in [-0.05, 0) is 17.5 Å². The summed E-state index contributed by atoms with van der Waals surface area (Å²) in [6.45, 7) is -1.06. The van der Waals surface area contributed by atoms with Crippen LogP contribution in [0.5, 0.6) is 0 Å². The fourth-order valence-corrected chi connectivity index (χ4v) is 5.56. The Morgan fingerprint density at radius 2 is 1.66 bits per heavy atom. The Hall–Kier alpha value is -4.29. The Kier molecular flexibility index (Phi) is 7.46. The molecule has 0 spiro atoms. The monoisotopic (exact) mass is 523 g/mol. The van der Waals surface area contributed by atoms with E-state index in [1.807, 2.05) is 30.3 Å². The van der Waals surface area contributed by atoms with Crippen molar-refractivity contribution >= 4 is 29.7 Å². The Morgan fingerprint density at radius 1 is 1.00 bits per heavy atom. The number of nitrogens with one attached hydrogen (secondary N) is 1. The minimum Gasteiger partial charge on any atom is -0.450 e. The van der Waals surface area contributed by atoms with Crippen molar-refractivity contribution in [3.05, 3.63) is 71.3 Å². The van der Waals surface area contributed by atoms with Gasteiger partial charge in [-0.2, -0.15) is 0 Å². The van der Waals surface area contributed by atoms with Crippen LogP contribution in [-0.2, 0) is 25.5 Å². The van der Waals surface area contributed by atoms with Crippen molar-refractivity contribution in [1.82, 2.24) is 9.80 Å². The van der Waals surface area contributed by atoms with Crippen molar-refractivity contribution < 1.29 is 34.1 Å². The SMILES string of the molecule is N=C(N)c1ccc(C2C3C(=O)N(CCc4ccccc4)C(=O)C3C(CO)(OC(=O)O)N2CCC(N)=O)cc1. The van der Waals surface area contributed by atoms with E-state index < -0.39 is 54.1 Å². The van der Waals surface area contributed by atoms with Crippen molar-refractivity contribution in [3.8, 4) is 0 Å². The molecule has 3 amide bonds. The van der Waals surface area contributed by atoms with E-state index >= 15 is 0 Å². The number of imide groups is 1. The van der Waals surface area contributed by atoms with E-state index in [0.717, 1.165) is 10.5 Å². The molecule has 2 aliphatic heterocycles. The molecule has 0 radical (unpaired) electrons. The van der Waals surface area contributed by atoms with Crippen molar-refractivity contribution in [2.45, 2.75) is 24.6 Å². The number of ether oxygens (including phenoxy) is 1. The number of nitrogens with two attached hydrogens (primary N) is 2. The molecule has 0 saturated carbocycles. The minimum absolute atomic E-state index is 0.0561. The lowest BCUT2D eigenvalue weighted by molar-refractivity contribution is -0.175. The second-order valence-corrected chi connectivity index (χ2v) is 9.33. The lowest BCUT2D eigenvalue weighted by Gasteiger charge is -2.40. The van der Waals surface area contributed by atoms with Crippen LogP contribution >= 0.6 is 0 Å². The Morgan fingerprint density at radius 3 is 2.21 bits per heavy atom. The third-order valence-corrected chi connectivity index (χ3v) is 7.21. The minimum atomic E-state index is -2.13. The van der Waals surface area contributed by atoms with E-state index in [2.05, 4.69) is 0 Å². The molecule has 7 N–H and O–H groups in total. The van der Waals surface area contributed by atoms with Crippen molar-refractivity contribution in [3.63, 3.8) is 0 Å². The summed E-state index contributed by atoms with van der Waals surface area (Å²) in [4.78, 5) is 53.5. The quantitative estimate of drug-likeness (QED) is 0.127. The fraction of sp³-hybridized carbons (Fsp3) is 0.346. The number of amides is 3. The van der Waals surface area contributed by atoms with Crippen LogP contribution in [0.2, 0.25) is 0 Å². The highest BCUT2D eigenvalue weighted by Gasteiger charge is 2.71. The number of aliphatic hydroxyl groups excluding tert-OH is 1. The number of hydrogen-bond donors (Lipinski definition) is 5. The first-order chi connectivity index (χ1) is 18.1. The molecule has 0 bridgehead atoms. The lowest BCUT2D eigenvalue weighted by atomic mass is 9.85. The Labute approximate surface area is 218 Å². The zero-order valence-corrected chi connectivity index (χ0v) is 20.4. The number of nitrogens with zero attached hydrogens (tertiary/aromatic N) is 2. The molecule has 4 unspecified atom stereocenters. The first-order valence-corrected chi connectivity index (χ1v) is 12.0. The van der Waals surface area contributed by atoms with Gasteiger partial charge in [0.2, 0.25) is 23.4 Å². The first kappa shape index (κ1) is 26.8. The number of aliphatic hydroxyl groups is 1. The van der Waals surface area contributed by atoms with E-state index in [1.54, 1.807) is 24.3 Å². The predicted octanol–water partition coefficient (Wildman–Crippen LogP) is 0.430. The lowest BCUT2D eigenvalue weighted by Crippen LogP contribution is -2.58. The number of primary amides is 1. The molecule has 12 heteroatoms. The number of nitrogen functional groups attached to an aromatic ring is 1. The molecule has 200 valence electrons. The maximum absolute atomic E-state index is 13.8. The average molecular weight is 524 g/mol. The van der Waals surface area contributed by atoms with Crippen LogP contribution in [0.15, 0.2) is 54.6 Å². The van der Waals surface area contributed by atoms with Crippen LogP contribution in [0, 0.1) is 17.2 Å². The third-order valence-electron chi connectivity index (χ3n) is 7.21. The van der Waals surface area contributed by atoms with Crippen molar-refractivity contribution in [1.29, 1.82) is 5.41 Å². The van der Waals surface area contributed by atoms with Crippen molar-refractivity contribution in [2.24, 2.45) is 23.3 Å². The van der Waals surface area contributed by atoms with Gasteiger partial charge in [0, 0.05) is 25.1 Å². The number of likely N-dealkylation sites (tertiary alicyclic amines) is 2. The zero-order valence-electron chi connectivity index (χ0n) is 20.4. The van der Waals surface area contributed by atoms with Crippen molar-refractivity contribution in [2.75, 3.05) is 19.7 Å². The number of carbonyl (C=O) groups excluding carboxylic acids is 3. The van der Waals surface area contributed by atoms with Crippen LogP contribution in [0.3, 0.4) is 0 Å². The van der Waals surface area contributed by atoms with Gasteiger partial charge in [0.1, 0.15) is 11.8 Å². The maximum Gasteiger partial charge on any atom is 0.507 e. The van der Waals surface area contributed by atoms with Crippen LogP contribution in [0.25, 0.3) is 0 Å². The van der Waals surface area contributed by atoms with Crippen LogP contribution in [0.1, 0.15) is 29.2 Å². The molecule has 4 rings (SSSR count). The number of carbonyl (C=O) groups is 4. The molecule has 2 saturated heterocycles. The summed E-state index contributed by atoms with van der Waals surface area (Å²) < 4.78 is 5.24. The topological polar surface area (TPSA) is 200 Å². The van der Waals surface area contributed by atoms with Gasteiger partial charge in [-0.3, -0.25) is 29.6 Å². The van der Waals surface area contributed by atoms with Gasteiger partial charge >= 0.3 is 6.16 Å². The predicted molar refractivity (Wildman–Crippen MR) is 133 cm³/mol. The molecule has 2 heterocycles. The standard InChI is InChI=1S/C26H29N5O7/c27-18(33)11-13-31-21(16-6-8-17(9-7-16)22(28)29)19-20(26(31,14-32)38-25(36)37)24(35)30(23(19)34)12-10-15-4-2-1-3-5-15/h1-9,19-21,32H,10-14H2,(H2,27,33)(H3,28,29)(H,36,37). The van der Waals surface area contributed by atoms with E-state index in [1.165, 1.54) is 4.90 Å². The van der Waals surface area contributed by atoms with E-state index in [0.29, 0.717) is 17.5 Å². The molecule has 0 aliphatic carbocycles. The molecular formula is C26H29N5O7. The van der Waals surface area contributed by atoms with E-state index in [9.17, 15) is 29.4 Å². The molecule has 2 aromatic rings. The van der Waals surface area contributed by atoms with Gasteiger partial charge in [-0.15, -0.1) is 0 Å². The number of carboxylic acid groups (broad SMARTS) is 1. The summed E-state index contributed by atoms with van der Waals surface area (Å²) in [6, 6.07) is 14.6. The second kappa shape index (κ2) is 10.6. The molecule has 2 aliphatic rings. The van der Waals surface area contributed by atoms with Gasteiger partial charge in [-0.25, -0.2) is 4.79 Å². The third kappa shape index (κ3) is 4.71. The number of benzene rings is 2. The van der Waals surface area contributed by atoms with Gasteiger partial charge in [0.25, 0.3) is 0 Å². The number of hydrogen-bond acceptors (Lipinski definition) is 8. The number of rotatable bonds is 10. The van der Waals surface area contributed by atoms with E-state index in [4.69, 9.17) is 21.6 Å². The highest BCUT2D eigenvalue weighted by atomic mass is 16.7. The van der Waals surface area contributed by atoms with Crippen LogP contribution in [-0.4, -0.2) is 75.1 Å². The summed E-state index contributed by atoms with van der Waals surface area (Å²) in [5.41, 5.74) is 10.6. The summed E-state index contributed by atoms with van der Waals surface area (Å²) in [5.74, 6) is -4.55. The zero-order chi connectivity index (χ0) is 27.6. The first-order valence-electron chi connectivity index (χ1n) is 12.0. The highest BCUT2D eigenvalue weighted by Crippen LogP contribution is 2.55. The maximum atomic E-state index is 13.8. The molecule has 2 fully saturated rings. The van der Waals surface area contributed by atoms with Gasteiger partial charge in [-0.1, -0.05) is 54.6 Å². The number of fused-ring (bicyclic) bond motifs is 1. The average Bonchev–Trinajstić information content (AvgIpc) is 3.30. The fourth-order valence-electron chi connectivity index (χ4n) is 5.56.